The molecule has 0 atom stereocenters. The summed E-state index contributed by atoms with van der Waals surface area (Å²) in [4.78, 5) is 27.3. The first-order chi connectivity index (χ1) is 11.6. The Hall–Kier alpha value is -2.67. The molecule has 0 unspecified atom stereocenters. The van der Waals surface area contributed by atoms with Crippen molar-refractivity contribution < 1.29 is 9.18 Å². The van der Waals surface area contributed by atoms with E-state index in [9.17, 15) is 9.18 Å². The van der Waals surface area contributed by atoms with E-state index in [1.165, 1.54) is 22.3 Å². The number of carbonyl (C=O) groups excluding carboxylic acids is 1. The molecule has 2 heterocycles. The molecule has 0 bridgehead atoms. The highest BCUT2D eigenvalue weighted by atomic mass is 32.1. The maximum atomic E-state index is 13.8. The summed E-state index contributed by atoms with van der Waals surface area (Å²) in [6.07, 6.45) is 3.26. The van der Waals surface area contributed by atoms with Gasteiger partial charge in [0, 0.05) is 31.5 Å². The van der Waals surface area contributed by atoms with Crippen molar-refractivity contribution in [1.82, 2.24) is 19.9 Å². The van der Waals surface area contributed by atoms with E-state index in [1.807, 2.05) is 0 Å². The minimum Gasteiger partial charge on any atom is -0.337 e. The third kappa shape index (κ3) is 3.30. The van der Waals surface area contributed by atoms with Crippen LogP contribution in [0.25, 0.3) is 10.8 Å². The summed E-state index contributed by atoms with van der Waals surface area (Å²) in [5.74, 6) is -0.0339. The lowest BCUT2D eigenvalue weighted by atomic mass is 10.2. The first-order valence-corrected chi connectivity index (χ1v) is 8.11. The second kappa shape index (κ2) is 6.84. The van der Waals surface area contributed by atoms with Crippen LogP contribution in [0.5, 0.6) is 0 Å². The van der Waals surface area contributed by atoms with Crippen LogP contribution in [0.4, 0.5) is 4.39 Å². The summed E-state index contributed by atoms with van der Waals surface area (Å²) in [6, 6.07) is 8.15. The van der Waals surface area contributed by atoms with Gasteiger partial charge in [0.15, 0.2) is 10.8 Å². The lowest BCUT2D eigenvalue weighted by molar-refractivity contribution is 0.0787. The van der Waals surface area contributed by atoms with Crippen LogP contribution in [0.2, 0.25) is 0 Å². The molecule has 0 fully saturated rings. The summed E-state index contributed by atoms with van der Waals surface area (Å²) in [7, 11) is 1.65. The average Bonchev–Trinajstić information content (AvgIpc) is 2.99. The van der Waals surface area contributed by atoms with E-state index < -0.39 is 0 Å². The summed E-state index contributed by atoms with van der Waals surface area (Å²) in [5, 5.41) is 0.593. The van der Waals surface area contributed by atoms with Crippen LogP contribution in [-0.4, -0.2) is 32.8 Å². The van der Waals surface area contributed by atoms with Gasteiger partial charge in [0.05, 0.1) is 5.69 Å². The Morgan fingerprint density at radius 1 is 1.21 bits per heavy atom. The van der Waals surface area contributed by atoms with Crippen LogP contribution in [0.1, 0.15) is 20.9 Å². The van der Waals surface area contributed by atoms with E-state index in [0.717, 1.165) is 0 Å². The molecule has 0 aliphatic carbocycles. The molecule has 0 N–H and O–H groups in total. The Kier molecular flexibility index (Phi) is 4.61. The van der Waals surface area contributed by atoms with Gasteiger partial charge in [-0.3, -0.25) is 4.79 Å². The number of hydrogen-bond acceptors (Lipinski definition) is 5. The Morgan fingerprint density at radius 3 is 2.62 bits per heavy atom. The molecular formula is C17H15FN4OS. The number of amides is 1. The quantitative estimate of drug-likeness (QED) is 0.730. The third-order valence-corrected chi connectivity index (χ3v) is 4.60. The van der Waals surface area contributed by atoms with Crippen molar-refractivity contribution in [1.29, 1.82) is 0 Å². The largest absolute Gasteiger partial charge is 0.337 e. The van der Waals surface area contributed by atoms with E-state index in [0.29, 0.717) is 27.0 Å². The predicted octanol–water partition coefficient (Wildman–Crippen LogP) is 3.32. The van der Waals surface area contributed by atoms with E-state index in [-0.39, 0.29) is 18.3 Å². The number of rotatable bonds is 4. The standard InChI is InChI=1S/C17H15FN4OS/c1-11-14(24-16(21-11)15-19-8-5-9-20-15)17(23)22(2)10-12-6-3-4-7-13(12)18/h3-9H,10H2,1-2H3. The third-order valence-electron chi connectivity index (χ3n) is 3.46. The van der Waals surface area contributed by atoms with E-state index in [2.05, 4.69) is 15.0 Å². The fourth-order valence-electron chi connectivity index (χ4n) is 2.23. The molecule has 3 aromatic rings. The van der Waals surface area contributed by atoms with Crippen LogP contribution in [0.3, 0.4) is 0 Å². The maximum absolute atomic E-state index is 13.8. The lowest BCUT2D eigenvalue weighted by Crippen LogP contribution is -2.26. The van der Waals surface area contributed by atoms with Crippen molar-refractivity contribution in [2.75, 3.05) is 7.05 Å². The minimum atomic E-state index is -0.323. The molecule has 1 amide bonds. The topological polar surface area (TPSA) is 59.0 Å². The van der Waals surface area contributed by atoms with Gasteiger partial charge in [-0.25, -0.2) is 19.3 Å². The fourth-order valence-corrected chi connectivity index (χ4v) is 3.24. The van der Waals surface area contributed by atoms with Gasteiger partial charge in [0.1, 0.15) is 10.7 Å². The van der Waals surface area contributed by atoms with Gasteiger partial charge in [-0.05, 0) is 19.1 Å². The van der Waals surface area contributed by atoms with Gasteiger partial charge in [0.25, 0.3) is 5.91 Å². The van der Waals surface area contributed by atoms with Gasteiger partial charge in [0.2, 0.25) is 0 Å². The molecule has 0 aliphatic rings. The van der Waals surface area contributed by atoms with Crippen LogP contribution in [0, 0.1) is 12.7 Å². The second-order valence-corrected chi connectivity index (χ2v) is 6.26. The van der Waals surface area contributed by atoms with E-state index in [4.69, 9.17) is 0 Å². The van der Waals surface area contributed by atoms with Crippen molar-refractivity contribution >= 4 is 17.2 Å². The summed E-state index contributed by atoms with van der Waals surface area (Å²) < 4.78 is 13.8. The molecule has 24 heavy (non-hydrogen) atoms. The fraction of sp³-hybridized carbons (Fsp3) is 0.176. The zero-order valence-electron chi connectivity index (χ0n) is 13.2. The van der Waals surface area contributed by atoms with Crippen LogP contribution in [-0.2, 0) is 6.54 Å². The molecule has 122 valence electrons. The molecular weight excluding hydrogens is 327 g/mol. The average molecular weight is 342 g/mol. The summed E-state index contributed by atoms with van der Waals surface area (Å²) in [6.45, 7) is 1.97. The molecule has 0 saturated heterocycles. The smallest absolute Gasteiger partial charge is 0.265 e. The molecule has 5 nitrogen and oxygen atoms in total. The number of benzene rings is 1. The molecule has 0 saturated carbocycles. The minimum absolute atomic E-state index is 0.194. The number of halogens is 1. The lowest BCUT2D eigenvalue weighted by Gasteiger charge is -2.17. The zero-order chi connectivity index (χ0) is 17.1. The molecule has 3 rings (SSSR count). The number of aryl methyl sites for hydroxylation is 1. The van der Waals surface area contributed by atoms with E-state index in [1.54, 1.807) is 50.6 Å². The highest BCUT2D eigenvalue weighted by molar-refractivity contribution is 7.17. The number of hydrogen-bond donors (Lipinski definition) is 0. The van der Waals surface area contributed by atoms with Crippen molar-refractivity contribution in [3.8, 4) is 10.8 Å². The normalized spacial score (nSPS) is 10.6. The first-order valence-electron chi connectivity index (χ1n) is 7.30. The molecule has 0 radical (unpaired) electrons. The Morgan fingerprint density at radius 2 is 1.92 bits per heavy atom. The van der Waals surface area contributed by atoms with Crippen LogP contribution in [0.15, 0.2) is 42.7 Å². The van der Waals surface area contributed by atoms with Crippen molar-refractivity contribution in [3.63, 3.8) is 0 Å². The van der Waals surface area contributed by atoms with Crippen LogP contribution >= 0.6 is 11.3 Å². The maximum Gasteiger partial charge on any atom is 0.265 e. The monoisotopic (exact) mass is 342 g/mol. The van der Waals surface area contributed by atoms with E-state index >= 15 is 0 Å². The Bertz CT molecular complexity index is 866. The summed E-state index contributed by atoms with van der Waals surface area (Å²) >= 11 is 1.24. The summed E-state index contributed by atoms with van der Waals surface area (Å²) in [5.41, 5.74) is 1.09. The first kappa shape index (κ1) is 16.2. The zero-order valence-corrected chi connectivity index (χ0v) is 14.0. The number of aromatic nitrogens is 3. The number of thiazole rings is 1. The highest BCUT2D eigenvalue weighted by Gasteiger charge is 2.21. The second-order valence-electron chi connectivity index (χ2n) is 5.26. The molecule has 0 spiro atoms. The molecule has 1 aromatic carbocycles. The highest BCUT2D eigenvalue weighted by Crippen LogP contribution is 2.26. The van der Waals surface area contributed by atoms with Gasteiger partial charge in [-0.2, -0.15) is 0 Å². The number of nitrogens with zero attached hydrogens (tertiary/aromatic N) is 4. The Balaban J connectivity index is 1.82. The van der Waals surface area contributed by atoms with Gasteiger partial charge >= 0.3 is 0 Å². The SMILES string of the molecule is Cc1nc(-c2ncccn2)sc1C(=O)N(C)Cc1ccccc1F. The van der Waals surface area contributed by atoms with Gasteiger partial charge in [-0.1, -0.05) is 18.2 Å². The van der Waals surface area contributed by atoms with Crippen molar-refractivity contribution in [2.24, 2.45) is 0 Å². The molecule has 7 heteroatoms. The Labute approximate surface area is 142 Å². The van der Waals surface area contributed by atoms with Gasteiger partial charge < -0.3 is 4.90 Å². The van der Waals surface area contributed by atoms with Crippen LogP contribution < -0.4 is 0 Å². The van der Waals surface area contributed by atoms with Gasteiger partial charge in [-0.15, -0.1) is 11.3 Å². The molecule has 0 aliphatic heterocycles. The van der Waals surface area contributed by atoms with Crippen molar-refractivity contribution in [3.05, 3.63) is 64.7 Å². The van der Waals surface area contributed by atoms with Crippen molar-refractivity contribution in [2.45, 2.75) is 13.5 Å². The predicted molar refractivity (Wildman–Crippen MR) is 90.1 cm³/mol. The molecule has 2 aromatic heterocycles. The number of carbonyl (C=O) groups is 1.